The number of hydrogen-bond donors (Lipinski definition) is 1. The van der Waals surface area contributed by atoms with E-state index in [0.717, 1.165) is 11.1 Å². The number of rotatable bonds is 4. The normalized spacial score (nSPS) is 10.7. The fourth-order valence-electron chi connectivity index (χ4n) is 2.03. The minimum atomic E-state index is -0.410. The molecule has 0 radical (unpaired) electrons. The molecule has 0 unspecified atom stereocenters. The van der Waals surface area contributed by atoms with Crippen LogP contribution in [0.4, 0.5) is 5.69 Å². The Morgan fingerprint density at radius 2 is 2.16 bits per heavy atom. The van der Waals surface area contributed by atoms with Gasteiger partial charge in [0.15, 0.2) is 5.82 Å². The smallest absolute Gasteiger partial charge is 0.269 e. The Labute approximate surface area is 110 Å². The van der Waals surface area contributed by atoms with Gasteiger partial charge in [0.05, 0.1) is 11.5 Å². The summed E-state index contributed by atoms with van der Waals surface area (Å²) in [7, 11) is 0. The van der Waals surface area contributed by atoms with Crippen molar-refractivity contribution < 1.29 is 4.92 Å². The fourth-order valence-corrected chi connectivity index (χ4v) is 2.03. The van der Waals surface area contributed by atoms with E-state index in [2.05, 4.69) is 10.2 Å². The minimum absolute atomic E-state index is 0.0721. The van der Waals surface area contributed by atoms with Crippen molar-refractivity contribution in [2.24, 2.45) is 5.73 Å². The summed E-state index contributed by atoms with van der Waals surface area (Å²) in [6, 6.07) is 4.70. The van der Waals surface area contributed by atoms with Crippen molar-refractivity contribution in [1.82, 2.24) is 14.8 Å². The Morgan fingerprint density at radius 3 is 2.68 bits per heavy atom. The van der Waals surface area contributed by atoms with Crippen molar-refractivity contribution in [2.45, 2.75) is 26.9 Å². The van der Waals surface area contributed by atoms with E-state index in [9.17, 15) is 10.1 Å². The van der Waals surface area contributed by atoms with Crippen LogP contribution in [0.1, 0.15) is 18.3 Å². The summed E-state index contributed by atoms with van der Waals surface area (Å²) >= 11 is 0. The van der Waals surface area contributed by atoms with E-state index in [1.165, 1.54) is 12.1 Å². The number of aryl methyl sites for hydroxylation is 1. The van der Waals surface area contributed by atoms with Gasteiger partial charge in [0.2, 0.25) is 0 Å². The molecule has 0 aliphatic rings. The molecule has 0 aliphatic heterocycles. The van der Waals surface area contributed by atoms with E-state index in [0.29, 0.717) is 24.7 Å². The molecule has 0 saturated heterocycles. The molecule has 0 bridgehead atoms. The van der Waals surface area contributed by atoms with Crippen LogP contribution >= 0.6 is 0 Å². The first-order chi connectivity index (χ1) is 9.08. The van der Waals surface area contributed by atoms with Crippen LogP contribution in [-0.2, 0) is 13.1 Å². The first-order valence-electron chi connectivity index (χ1n) is 5.96. The van der Waals surface area contributed by atoms with Gasteiger partial charge in [0.25, 0.3) is 5.69 Å². The third-order valence-electron chi connectivity index (χ3n) is 2.99. The van der Waals surface area contributed by atoms with Gasteiger partial charge in [-0.2, -0.15) is 0 Å². The first kappa shape index (κ1) is 13.2. The van der Waals surface area contributed by atoms with Gasteiger partial charge in [-0.3, -0.25) is 10.1 Å². The zero-order valence-corrected chi connectivity index (χ0v) is 10.8. The monoisotopic (exact) mass is 261 g/mol. The molecule has 7 heteroatoms. The number of aromatic nitrogens is 3. The zero-order chi connectivity index (χ0) is 14.0. The Balaban J connectivity index is 2.53. The summed E-state index contributed by atoms with van der Waals surface area (Å²) in [5.74, 6) is 1.39. The van der Waals surface area contributed by atoms with Crippen LogP contribution in [0.15, 0.2) is 18.2 Å². The predicted molar refractivity (Wildman–Crippen MR) is 70.4 cm³/mol. The highest BCUT2D eigenvalue weighted by Gasteiger charge is 2.15. The lowest BCUT2D eigenvalue weighted by atomic mass is 10.1. The fraction of sp³-hybridized carbons (Fsp3) is 0.333. The molecule has 2 rings (SSSR count). The number of nitrogens with zero attached hydrogens (tertiary/aromatic N) is 4. The van der Waals surface area contributed by atoms with Gasteiger partial charge in [-0.25, -0.2) is 0 Å². The third kappa shape index (κ3) is 2.32. The van der Waals surface area contributed by atoms with E-state index in [-0.39, 0.29) is 5.69 Å². The second-order valence-corrected chi connectivity index (χ2v) is 4.14. The van der Waals surface area contributed by atoms with Crippen molar-refractivity contribution >= 4 is 5.69 Å². The molecule has 1 aromatic heterocycles. The lowest BCUT2D eigenvalue weighted by Crippen LogP contribution is -2.08. The predicted octanol–water partition coefficient (Wildman–Crippen LogP) is 1.64. The van der Waals surface area contributed by atoms with Crippen LogP contribution < -0.4 is 5.73 Å². The topological polar surface area (TPSA) is 99.9 Å². The van der Waals surface area contributed by atoms with Crippen LogP contribution in [0, 0.1) is 17.0 Å². The average Bonchev–Trinajstić information content (AvgIpc) is 2.80. The summed E-state index contributed by atoms with van der Waals surface area (Å²) in [6.45, 7) is 4.81. The van der Waals surface area contributed by atoms with Gasteiger partial charge >= 0.3 is 0 Å². The van der Waals surface area contributed by atoms with E-state index in [4.69, 9.17) is 5.73 Å². The highest BCUT2D eigenvalue weighted by atomic mass is 16.6. The molecule has 1 aromatic carbocycles. The molecule has 1 heterocycles. The highest BCUT2D eigenvalue weighted by Crippen LogP contribution is 2.26. The molecular formula is C12H15N5O2. The molecule has 7 nitrogen and oxygen atoms in total. The maximum atomic E-state index is 10.7. The van der Waals surface area contributed by atoms with Gasteiger partial charge in [0.1, 0.15) is 5.82 Å². The molecule has 0 amide bonds. The Morgan fingerprint density at radius 1 is 1.42 bits per heavy atom. The molecular weight excluding hydrogens is 246 g/mol. The van der Waals surface area contributed by atoms with Crippen molar-refractivity contribution in [2.75, 3.05) is 0 Å². The van der Waals surface area contributed by atoms with Gasteiger partial charge in [-0.05, 0) is 25.5 Å². The standard InChI is InChI=1S/C12H15N5O2/c1-3-16-11(7-13)14-15-12(16)10-5-4-9(17(18)19)6-8(10)2/h4-6H,3,7,13H2,1-2H3. The second-order valence-electron chi connectivity index (χ2n) is 4.14. The maximum Gasteiger partial charge on any atom is 0.269 e. The SMILES string of the molecule is CCn1c(CN)nnc1-c1ccc([N+](=O)[O-])cc1C. The highest BCUT2D eigenvalue weighted by molar-refractivity contribution is 5.62. The third-order valence-corrected chi connectivity index (χ3v) is 2.99. The molecule has 0 spiro atoms. The van der Waals surface area contributed by atoms with Crippen molar-refractivity contribution in [3.63, 3.8) is 0 Å². The molecule has 100 valence electrons. The second kappa shape index (κ2) is 5.15. The number of hydrogen-bond acceptors (Lipinski definition) is 5. The Hall–Kier alpha value is -2.28. The molecule has 0 fully saturated rings. The molecule has 0 atom stereocenters. The summed E-state index contributed by atoms with van der Waals surface area (Å²) < 4.78 is 1.91. The van der Waals surface area contributed by atoms with E-state index >= 15 is 0 Å². The number of nitro groups is 1. The van der Waals surface area contributed by atoms with Crippen molar-refractivity contribution in [3.05, 3.63) is 39.7 Å². The summed E-state index contributed by atoms with van der Waals surface area (Å²) in [5, 5.41) is 18.9. The lowest BCUT2D eigenvalue weighted by Gasteiger charge is -2.08. The van der Waals surface area contributed by atoms with Gasteiger partial charge in [-0.1, -0.05) is 0 Å². The molecule has 0 aliphatic carbocycles. The minimum Gasteiger partial charge on any atom is -0.324 e. The number of nitrogens with two attached hydrogens (primary N) is 1. The Bertz CT molecular complexity index is 621. The summed E-state index contributed by atoms with van der Waals surface area (Å²) in [4.78, 5) is 10.3. The van der Waals surface area contributed by atoms with Crippen LogP contribution in [0.3, 0.4) is 0 Å². The lowest BCUT2D eigenvalue weighted by molar-refractivity contribution is -0.384. The zero-order valence-electron chi connectivity index (χ0n) is 10.8. The molecule has 19 heavy (non-hydrogen) atoms. The Kier molecular flexibility index (Phi) is 3.57. The molecule has 2 N–H and O–H groups in total. The van der Waals surface area contributed by atoms with Gasteiger partial charge in [0, 0.05) is 24.2 Å². The van der Waals surface area contributed by atoms with Crippen LogP contribution in [0.25, 0.3) is 11.4 Å². The van der Waals surface area contributed by atoms with Crippen molar-refractivity contribution in [3.8, 4) is 11.4 Å². The van der Waals surface area contributed by atoms with Gasteiger partial charge in [-0.15, -0.1) is 10.2 Å². The largest absolute Gasteiger partial charge is 0.324 e. The van der Waals surface area contributed by atoms with E-state index < -0.39 is 4.92 Å². The summed E-state index contributed by atoms with van der Waals surface area (Å²) in [5.41, 5.74) is 7.30. The van der Waals surface area contributed by atoms with Gasteiger partial charge < -0.3 is 10.3 Å². The first-order valence-corrected chi connectivity index (χ1v) is 5.96. The number of nitro benzene ring substituents is 1. The van der Waals surface area contributed by atoms with E-state index in [1.54, 1.807) is 6.07 Å². The van der Waals surface area contributed by atoms with Crippen LogP contribution in [0.5, 0.6) is 0 Å². The van der Waals surface area contributed by atoms with Crippen LogP contribution in [0.2, 0.25) is 0 Å². The molecule has 2 aromatic rings. The maximum absolute atomic E-state index is 10.7. The molecule has 0 saturated carbocycles. The van der Waals surface area contributed by atoms with E-state index in [1.807, 2.05) is 18.4 Å². The summed E-state index contributed by atoms with van der Waals surface area (Å²) in [6.07, 6.45) is 0. The quantitative estimate of drug-likeness (QED) is 0.666. The number of non-ortho nitro benzene ring substituents is 1. The number of benzene rings is 1. The average molecular weight is 261 g/mol. The van der Waals surface area contributed by atoms with Crippen LogP contribution in [-0.4, -0.2) is 19.7 Å². The van der Waals surface area contributed by atoms with Crippen molar-refractivity contribution in [1.29, 1.82) is 0 Å².